The molecule has 0 saturated heterocycles. The second kappa shape index (κ2) is 9.21. The summed E-state index contributed by atoms with van der Waals surface area (Å²) in [5.74, 6) is 1.13. The van der Waals surface area contributed by atoms with Crippen LogP contribution in [0.5, 0.6) is 0 Å². The molecule has 0 radical (unpaired) electrons. The molecule has 24 heavy (non-hydrogen) atoms. The van der Waals surface area contributed by atoms with Crippen LogP contribution in [-0.2, 0) is 0 Å². The molecule has 0 spiro atoms. The molecule has 0 aromatic heterocycles. The molecule has 0 aliphatic carbocycles. The Kier molecular flexibility index (Phi) is 7.28. The van der Waals surface area contributed by atoms with Gasteiger partial charge in [-0.1, -0.05) is 57.5 Å². The van der Waals surface area contributed by atoms with Crippen LogP contribution in [-0.4, -0.2) is 5.91 Å². The largest absolute Gasteiger partial charge is 0.322 e. The van der Waals surface area contributed by atoms with Gasteiger partial charge in [0.15, 0.2) is 0 Å². The number of hydrogen-bond acceptors (Lipinski definition) is 1. The van der Waals surface area contributed by atoms with Crippen molar-refractivity contribution in [3.63, 3.8) is 0 Å². The molecule has 1 amide bonds. The molecule has 2 atom stereocenters. The number of carbonyl (C=O) groups is 1. The monoisotopic (exact) mass is 435 g/mol. The number of halogens is 1. The number of benzene rings is 2. The summed E-state index contributed by atoms with van der Waals surface area (Å²) in [5.41, 5.74) is 2.92. The zero-order chi connectivity index (χ0) is 17.5. The quantitative estimate of drug-likeness (QED) is 0.496. The summed E-state index contributed by atoms with van der Waals surface area (Å²) in [7, 11) is 0. The van der Waals surface area contributed by atoms with E-state index in [9.17, 15) is 4.79 Å². The Balaban J connectivity index is 2.25. The molecule has 0 aliphatic rings. The van der Waals surface area contributed by atoms with Crippen molar-refractivity contribution in [2.75, 3.05) is 5.32 Å². The number of anilines is 1. The van der Waals surface area contributed by atoms with Crippen molar-refractivity contribution in [3.05, 3.63) is 63.2 Å². The number of amides is 1. The summed E-state index contributed by atoms with van der Waals surface area (Å²) in [6.07, 6.45) is 3.43. The Morgan fingerprint density at radius 1 is 1.04 bits per heavy atom. The summed E-state index contributed by atoms with van der Waals surface area (Å²) < 4.78 is 0.969. The van der Waals surface area contributed by atoms with Gasteiger partial charge in [-0.05, 0) is 71.0 Å². The van der Waals surface area contributed by atoms with E-state index in [0.717, 1.165) is 27.7 Å². The Bertz CT molecular complexity index is 683. The van der Waals surface area contributed by atoms with Crippen molar-refractivity contribution in [2.45, 2.75) is 46.0 Å². The summed E-state index contributed by atoms with van der Waals surface area (Å²) in [5, 5.41) is 3.13. The number of carbonyl (C=O) groups excluding carboxylic acids is 1. The van der Waals surface area contributed by atoms with Crippen LogP contribution in [0.1, 0.15) is 61.9 Å². The van der Waals surface area contributed by atoms with Crippen molar-refractivity contribution in [3.8, 4) is 0 Å². The van der Waals surface area contributed by atoms with Gasteiger partial charge in [0.2, 0.25) is 0 Å². The third-order valence-electron chi connectivity index (χ3n) is 4.64. The fourth-order valence-electron chi connectivity index (χ4n) is 2.97. The minimum Gasteiger partial charge on any atom is -0.322 e. The molecule has 1 N–H and O–H groups in total. The second-order valence-corrected chi connectivity index (χ2v) is 7.54. The van der Waals surface area contributed by atoms with E-state index < -0.39 is 0 Å². The topological polar surface area (TPSA) is 29.1 Å². The molecule has 2 unspecified atom stereocenters. The molecule has 0 heterocycles. The number of nitrogens with one attached hydrogen (secondary N) is 1. The van der Waals surface area contributed by atoms with Crippen LogP contribution >= 0.6 is 22.6 Å². The van der Waals surface area contributed by atoms with Gasteiger partial charge in [0, 0.05) is 9.26 Å². The van der Waals surface area contributed by atoms with Crippen LogP contribution in [0, 0.1) is 9.49 Å². The first-order chi connectivity index (χ1) is 11.6. The van der Waals surface area contributed by atoms with E-state index in [2.05, 4.69) is 60.8 Å². The summed E-state index contributed by atoms with van der Waals surface area (Å²) in [6.45, 7) is 6.77. The van der Waals surface area contributed by atoms with E-state index in [1.54, 1.807) is 0 Å². The zero-order valence-corrected chi connectivity index (χ0v) is 16.8. The minimum absolute atomic E-state index is 0.0363. The Morgan fingerprint density at radius 3 is 2.38 bits per heavy atom. The Labute approximate surface area is 159 Å². The van der Waals surface area contributed by atoms with Crippen molar-refractivity contribution in [1.82, 2.24) is 0 Å². The maximum absolute atomic E-state index is 12.7. The molecule has 128 valence electrons. The maximum atomic E-state index is 12.7. The second-order valence-electron chi connectivity index (χ2n) is 6.38. The lowest BCUT2D eigenvalue weighted by Gasteiger charge is -2.22. The molecule has 0 fully saturated rings. The highest BCUT2D eigenvalue weighted by molar-refractivity contribution is 14.1. The van der Waals surface area contributed by atoms with E-state index in [1.165, 1.54) is 12.0 Å². The highest BCUT2D eigenvalue weighted by Gasteiger charge is 2.18. The molecule has 0 saturated carbocycles. The lowest BCUT2D eigenvalue weighted by Crippen LogP contribution is -2.16. The molecule has 2 aromatic rings. The molecule has 2 rings (SSSR count). The molecule has 2 nitrogen and oxygen atoms in total. The maximum Gasteiger partial charge on any atom is 0.256 e. The normalized spacial score (nSPS) is 13.3. The predicted octanol–water partition coefficient (Wildman–Crippen LogP) is 6.47. The Morgan fingerprint density at radius 2 is 1.71 bits per heavy atom. The van der Waals surface area contributed by atoms with E-state index in [-0.39, 0.29) is 5.91 Å². The average molecular weight is 435 g/mol. The van der Waals surface area contributed by atoms with E-state index >= 15 is 0 Å². The fourth-order valence-corrected chi connectivity index (χ4v) is 3.60. The van der Waals surface area contributed by atoms with Gasteiger partial charge >= 0.3 is 0 Å². The highest BCUT2D eigenvalue weighted by atomic mass is 127. The van der Waals surface area contributed by atoms with Gasteiger partial charge in [0.1, 0.15) is 0 Å². The first-order valence-corrected chi connectivity index (χ1v) is 9.79. The fraction of sp³-hybridized carbons (Fsp3) is 0.381. The number of rotatable bonds is 7. The van der Waals surface area contributed by atoms with Crippen molar-refractivity contribution in [1.29, 1.82) is 0 Å². The third kappa shape index (κ3) is 4.82. The van der Waals surface area contributed by atoms with Gasteiger partial charge in [-0.2, -0.15) is 0 Å². The Hall–Kier alpha value is -1.36. The van der Waals surface area contributed by atoms with Gasteiger partial charge in [-0.3, -0.25) is 4.79 Å². The van der Waals surface area contributed by atoms with Crippen molar-refractivity contribution < 1.29 is 4.79 Å². The van der Waals surface area contributed by atoms with Crippen LogP contribution in [0.15, 0.2) is 48.5 Å². The SMILES string of the molecule is CCC(C)CC(CC)c1ccccc1NC(=O)c1ccccc1I. The van der Waals surface area contributed by atoms with Crippen LogP contribution in [0.2, 0.25) is 0 Å². The van der Waals surface area contributed by atoms with Crippen LogP contribution in [0.3, 0.4) is 0 Å². The lowest BCUT2D eigenvalue weighted by molar-refractivity contribution is 0.102. The summed E-state index contributed by atoms with van der Waals surface area (Å²) in [6, 6.07) is 15.9. The standard InChI is InChI=1S/C21H26INO/c1-4-15(3)14-16(5-2)17-10-7-9-13-20(17)23-21(24)18-11-6-8-12-19(18)22/h6-13,15-16H,4-5,14H2,1-3H3,(H,23,24). The van der Waals surface area contributed by atoms with Gasteiger partial charge in [0.25, 0.3) is 5.91 Å². The molecule has 3 heteroatoms. The van der Waals surface area contributed by atoms with Gasteiger partial charge < -0.3 is 5.32 Å². The summed E-state index contributed by atoms with van der Waals surface area (Å²) >= 11 is 2.21. The van der Waals surface area contributed by atoms with E-state index in [0.29, 0.717) is 11.8 Å². The third-order valence-corrected chi connectivity index (χ3v) is 5.58. The van der Waals surface area contributed by atoms with Gasteiger partial charge in [-0.15, -0.1) is 0 Å². The molecule has 2 aromatic carbocycles. The van der Waals surface area contributed by atoms with Gasteiger partial charge in [0.05, 0.1) is 5.56 Å². The lowest BCUT2D eigenvalue weighted by atomic mass is 9.86. The summed E-state index contributed by atoms with van der Waals surface area (Å²) in [4.78, 5) is 12.7. The highest BCUT2D eigenvalue weighted by Crippen LogP contribution is 2.33. The first-order valence-electron chi connectivity index (χ1n) is 8.71. The van der Waals surface area contributed by atoms with Crippen molar-refractivity contribution >= 4 is 34.2 Å². The molecule has 0 bridgehead atoms. The molecular formula is C21H26INO. The molecular weight excluding hydrogens is 409 g/mol. The van der Waals surface area contributed by atoms with E-state index in [1.807, 2.05) is 36.4 Å². The smallest absolute Gasteiger partial charge is 0.256 e. The van der Waals surface area contributed by atoms with Crippen LogP contribution < -0.4 is 5.32 Å². The zero-order valence-electron chi connectivity index (χ0n) is 14.7. The van der Waals surface area contributed by atoms with Crippen LogP contribution in [0.25, 0.3) is 0 Å². The van der Waals surface area contributed by atoms with Crippen molar-refractivity contribution in [2.24, 2.45) is 5.92 Å². The minimum atomic E-state index is -0.0363. The first kappa shape index (κ1) is 19.0. The van der Waals surface area contributed by atoms with E-state index in [4.69, 9.17) is 0 Å². The molecule has 0 aliphatic heterocycles. The number of para-hydroxylation sites is 1. The van der Waals surface area contributed by atoms with Crippen LogP contribution in [0.4, 0.5) is 5.69 Å². The predicted molar refractivity (Wildman–Crippen MR) is 111 cm³/mol. The van der Waals surface area contributed by atoms with Gasteiger partial charge in [-0.25, -0.2) is 0 Å². The average Bonchev–Trinajstić information content (AvgIpc) is 2.60. The number of hydrogen-bond donors (Lipinski definition) is 1.